The van der Waals surface area contributed by atoms with Gasteiger partial charge in [-0.3, -0.25) is 9.59 Å². The summed E-state index contributed by atoms with van der Waals surface area (Å²) in [7, 11) is 1.42. The first-order valence-corrected chi connectivity index (χ1v) is 7.34. The van der Waals surface area contributed by atoms with E-state index in [0.717, 1.165) is 18.9 Å². The lowest BCUT2D eigenvalue weighted by molar-refractivity contribution is -0.149. The first-order chi connectivity index (χ1) is 10.5. The number of nitrogens with zero attached hydrogens (tertiary/aromatic N) is 1. The highest BCUT2D eigenvalue weighted by molar-refractivity contribution is 5.97. The quantitative estimate of drug-likeness (QED) is 0.929. The number of amides is 1. The highest BCUT2D eigenvalue weighted by Gasteiger charge is 2.55. The summed E-state index contributed by atoms with van der Waals surface area (Å²) in [6.45, 7) is 0.594. The molecule has 0 unspecified atom stereocenters. The number of ether oxygens (including phenoxy) is 1. The van der Waals surface area contributed by atoms with Crippen LogP contribution in [0.2, 0.25) is 0 Å². The maximum Gasteiger partial charge on any atom is 0.311 e. The number of carboxylic acids is 1. The Hall–Kier alpha value is -2.11. The van der Waals surface area contributed by atoms with E-state index in [2.05, 4.69) is 0 Å². The fraction of sp³-hybridized carbons (Fsp3) is 0.500. The standard InChI is InChI=1S/C16H18FNO4/c1-22-13-5-4-11(17)7-12(13)14(19)18-8-10-3-2-6-16(10,9-18)15(20)21/h4-5,7,10H,2-3,6,8-9H2,1H3,(H,20,21)/t10-,16+/m0/s1. The first-order valence-electron chi connectivity index (χ1n) is 7.34. The lowest BCUT2D eigenvalue weighted by Crippen LogP contribution is -2.37. The molecule has 3 rings (SSSR count). The predicted octanol–water partition coefficient (Wildman–Crippen LogP) is 2.16. The van der Waals surface area contributed by atoms with Crippen LogP contribution in [0.5, 0.6) is 5.75 Å². The normalized spacial score (nSPS) is 26.8. The Balaban J connectivity index is 1.89. The molecule has 2 fully saturated rings. The minimum atomic E-state index is -0.837. The molecular weight excluding hydrogens is 289 g/mol. The monoisotopic (exact) mass is 307 g/mol. The second-order valence-electron chi connectivity index (χ2n) is 6.08. The number of likely N-dealkylation sites (tertiary alicyclic amines) is 1. The molecule has 1 N–H and O–H groups in total. The number of rotatable bonds is 3. The van der Waals surface area contributed by atoms with Crippen LogP contribution >= 0.6 is 0 Å². The molecule has 1 heterocycles. The van der Waals surface area contributed by atoms with E-state index in [1.165, 1.54) is 24.1 Å². The van der Waals surface area contributed by atoms with Crippen LogP contribution in [0.25, 0.3) is 0 Å². The average molecular weight is 307 g/mol. The summed E-state index contributed by atoms with van der Waals surface area (Å²) in [6.07, 6.45) is 2.29. The number of benzene rings is 1. The van der Waals surface area contributed by atoms with Crippen molar-refractivity contribution in [3.05, 3.63) is 29.6 Å². The summed E-state index contributed by atoms with van der Waals surface area (Å²) >= 11 is 0. The zero-order chi connectivity index (χ0) is 15.9. The van der Waals surface area contributed by atoms with Gasteiger partial charge < -0.3 is 14.7 Å². The lowest BCUT2D eigenvalue weighted by Gasteiger charge is -2.23. The molecule has 1 saturated heterocycles. The van der Waals surface area contributed by atoms with Gasteiger partial charge in [0.25, 0.3) is 5.91 Å². The van der Waals surface area contributed by atoms with Gasteiger partial charge in [-0.05, 0) is 37.0 Å². The van der Waals surface area contributed by atoms with Crippen LogP contribution in [0.3, 0.4) is 0 Å². The van der Waals surface area contributed by atoms with Crippen molar-refractivity contribution in [2.75, 3.05) is 20.2 Å². The number of carbonyl (C=O) groups is 2. The van der Waals surface area contributed by atoms with Crippen LogP contribution in [0.1, 0.15) is 29.6 Å². The molecule has 1 amide bonds. The number of methoxy groups -OCH3 is 1. The Morgan fingerprint density at radius 1 is 1.45 bits per heavy atom. The molecule has 1 aromatic carbocycles. The molecule has 1 aliphatic heterocycles. The summed E-state index contributed by atoms with van der Waals surface area (Å²) in [6, 6.07) is 3.78. The molecule has 1 saturated carbocycles. The van der Waals surface area contributed by atoms with Crippen LogP contribution in [-0.2, 0) is 4.79 Å². The second kappa shape index (κ2) is 5.26. The van der Waals surface area contributed by atoms with Crippen LogP contribution < -0.4 is 4.74 Å². The number of carbonyl (C=O) groups excluding carboxylic acids is 1. The van der Waals surface area contributed by atoms with E-state index in [1.54, 1.807) is 0 Å². The van der Waals surface area contributed by atoms with Gasteiger partial charge in [-0.25, -0.2) is 4.39 Å². The highest BCUT2D eigenvalue weighted by Crippen LogP contribution is 2.49. The van der Waals surface area contributed by atoms with Crippen LogP contribution in [0, 0.1) is 17.2 Å². The van der Waals surface area contributed by atoms with E-state index in [1.807, 2.05) is 0 Å². The van der Waals surface area contributed by atoms with Crippen molar-refractivity contribution >= 4 is 11.9 Å². The van der Waals surface area contributed by atoms with Crippen molar-refractivity contribution < 1.29 is 23.8 Å². The van der Waals surface area contributed by atoms with Crippen LogP contribution in [0.4, 0.5) is 4.39 Å². The van der Waals surface area contributed by atoms with Crippen molar-refractivity contribution in [2.45, 2.75) is 19.3 Å². The predicted molar refractivity (Wildman–Crippen MR) is 76.3 cm³/mol. The summed E-state index contributed by atoms with van der Waals surface area (Å²) in [5.41, 5.74) is -0.695. The maximum absolute atomic E-state index is 13.4. The van der Waals surface area contributed by atoms with Gasteiger partial charge in [0.15, 0.2) is 0 Å². The Kier molecular flexibility index (Phi) is 3.54. The largest absolute Gasteiger partial charge is 0.496 e. The number of halogens is 1. The van der Waals surface area contributed by atoms with Crippen molar-refractivity contribution in [2.24, 2.45) is 11.3 Å². The molecule has 2 atom stereocenters. The van der Waals surface area contributed by atoms with Gasteiger partial charge in [-0.2, -0.15) is 0 Å². The zero-order valence-corrected chi connectivity index (χ0v) is 12.3. The third-order valence-electron chi connectivity index (χ3n) is 4.98. The number of hydrogen-bond acceptors (Lipinski definition) is 3. The number of hydrogen-bond donors (Lipinski definition) is 1. The van der Waals surface area contributed by atoms with Gasteiger partial charge in [0.05, 0.1) is 18.1 Å². The molecule has 0 bridgehead atoms. The van der Waals surface area contributed by atoms with Crippen molar-refractivity contribution in [1.82, 2.24) is 4.90 Å². The van der Waals surface area contributed by atoms with Gasteiger partial charge in [-0.1, -0.05) is 6.42 Å². The fourth-order valence-corrected chi connectivity index (χ4v) is 3.81. The molecule has 0 spiro atoms. The third-order valence-corrected chi connectivity index (χ3v) is 4.98. The van der Waals surface area contributed by atoms with E-state index in [0.29, 0.717) is 18.7 Å². The second-order valence-corrected chi connectivity index (χ2v) is 6.08. The van der Waals surface area contributed by atoms with Crippen molar-refractivity contribution in [1.29, 1.82) is 0 Å². The van der Waals surface area contributed by atoms with Crippen LogP contribution in [-0.4, -0.2) is 42.1 Å². The number of aliphatic carboxylic acids is 1. The van der Waals surface area contributed by atoms with Gasteiger partial charge in [0.1, 0.15) is 11.6 Å². The fourth-order valence-electron chi connectivity index (χ4n) is 3.81. The molecule has 1 aliphatic carbocycles. The molecule has 118 valence electrons. The van der Waals surface area contributed by atoms with E-state index in [9.17, 15) is 19.1 Å². The molecule has 0 radical (unpaired) electrons. The Bertz CT molecular complexity index is 633. The van der Waals surface area contributed by atoms with Gasteiger partial charge in [0, 0.05) is 13.1 Å². The molecule has 5 nitrogen and oxygen atoms in total. The van der Waals surface area contributed by atoms with Crippen LogP contribution in [0.15, 0.2) is 18.2 Å². The average Bonchev–Trinajstić information content (AvgIpc) is 3.04. The summed E-state index contributed by atoms with van der Waals surface area (Å²) < 4.78 is 18.6. The summed E-state index contributed by atoms with van der Waals surface area (Å²) in [5, 5.41) is 9.57. The maximum atomic E-state index is 13.4. The minimum absolute atomic E-state index is 0.0199. The third kappa shape index (κ3) is 2.14. The van der Waals surface area contributed by atoms with Gasteiger partial charge >= 0.3 is 5.97 Å². The molecule has 0 aromatic heterocycles. The molecular formula is C16H18FNO4. The molecule has 6 heteroatoms. The van der Waals surface area contributed by atoms with E-state index in [4.69, 9.17) is 4.74 Å². The summed E-state index contributed by atoms with van der Waals surface area (Å²) in [5.74, 6) is -1.44. The van der Waals surface area contributed by atoms with E-state index < -0.39 is 17.2 Å². The molecule has 22 heavy (non-hydrogen) atoms. The molecule has 1 aromatic rings. The topological polar surface area (TPSA) is 66.8 Å². The van der Waals surface area contributed by atoms with Gasteiger partial charge in [0.2, 0.25) is 0 Å². The first kappa shape index (κ1) is 14.8. The highest BCUT2D eigenvalue weighted by atomic mass is 19.1. The van der Waals surface area contributed by atoms with E-state index >= 15 is 0 Å². The smallest absolute Gasteiger partial charge is 0.311 e. The van der Waals surface area contributed by atoms with E-state index in [-0.39, 0.29) is 23.9 Å². The zero-order valence-electron chi connectivity index (χ0n) is 12.3. The Morgan fingerprint density at radius 2 is 2.23 bits per heavy atom. The van der Waals surface area contributed by atoms with Gasteiger partial charge in [-0.15, -0.1) is 0 Å². The minimum Gasteiger partial charge on any atom is -0.496 e. The Morgan fingerprint density at radius 3 is 2.86 bits per heavy atom. The SMILES string of the molecule is COc1ccc(F)cc1C(=O)N1C[C@@H]2CCC[C@@]2(C(=O)O)C1. The lowest BCUT2D eigenvalue weighted by atomic mass is 9.81. The number of fused-ring (bicyclic) bond motifs is 1. The number of carboxylic acid groups (broad SMARTS) is 1. The molecule has 2 aliphatic rings. The van der Waals surface area contributed by atoms with Crippen molar-refractivity contribution in [3.63, 3.8) is 0 Å². The summed E-state index contributed by atoms with van der Waals surface area (Å²) in [4.78, 5) is 25.8. The Labute approximate surface area is 127 Å². The van der Waals surface area contributed by atoms with Crippen molar-refractivity contribution in [3.8, 4) is 5.75 Å².